The van der Waals surface area contributed by atoms with E-state index in [1.807, 2.05) is 6.92 Å². The maximum Gasteiger partial charge on any atom is 0.257 e. The highest BCUT2D eigenvalue weighted by Gasteiger charge is 2.11. The van der Waals surface area contributed by atoms with Crippen LogP contribution in [0.1, 0.15) is 21.5 Å². The number of rotatable bonds is 2. The van der Waals surface area contributed by atoms with Crippen LogP contribution in [-0.4, -0.2) is 27.6 Å². The third-order valence-electron chi connectivity index (χ3n) is 2.69. The zero-order chi connectivity index (χ0) is 14.4. The van der Waals surface area contributed by atoms with Crippen LogP contribution in [-0.2, 0) is 0 Å². The molecule has 0 aliphatic carbocycles. The molecule has 0 fully saturated rings. The van der Waals surface area contributed by atoms with Gasteiger partial charge in [-0.2, -0.15) is 0 Å². The second-order valence-corrected chi connectivity index (χ2v) is 3.98. The van der Waals surface area contributed by atoms with Crippen LogP contribution in [0.5, 0.6) is 0 Å². The van der Waals surface area contributed by atoms with Crippen molar-refractivity contribution in [1.82, 2.24) is 9.97 Å². The van der Waals surface area contributed by atoms with Gasteiger partial charge in [-0.1, -0.05) is 17.9 Å². The standard InChI is InChI=1S/C15H13N3O2/c1-11-12(5-3-9-19)4-2-6-13(11)15(20)18-14-10-16-7-8-17-14/h2,4,6-8,10,19H,9H2,1H3,(H,17,18,20). The monoisotopic (exact) mass is 267 g/mol. The Morgan fingerprint density at radius 1 is 1.40 bits per heavy atom. The van der Waals surface area contributed by atoms with E-state index in [4.69, 9.17) is 5.11 Å². The second kappa shape index (κ2) is 6.45. The average molecular weight is 267 g/mol. The van der Waals surface area contributed by atoms with Crippen LogP contribution in [0.3, 0.4) is 0 Å². The van der Waals surface area contributed by atoms with Crippen molar-refractivity contribution in [2.24, 2.45) is 0 Å². The fourth-order valence-corrected chi connectivity index (χ4v) is 1.70. The summed E-state index contributed by atoms with van der Waals surface area (Å²) in [5.74, 6) is 5.51. The molecule has 0 saturated heterocycles. The van der Waals surface area contributed by atoms with E-state index < -0.39 is 0 Å². The first-order chi connectivity index (χ1) is 9.72. The highest BCUT2D eigenvalue weighted by Crippen LogP contribution is 2.14. The number of hydrogen-bond acceptors (Lipinski definition) is 4. The van der Waals surface area contributed by atoms with Gasteiger partial charge in [-0.25, -0.2) is 4.98 Å². The molecule has 0 aliphatic heterocycles. The number of aromatic nitrogens is 2. The van der Waals surface area contributed by atoms with Crippen LogP contribution < -0.4 is 5.32 Å². The summed E-state index contributed by atoms with van der Waals surface area (Å²) in [4.78, 5) is 20.1. The Hall–Kier alpha value is -2.71. The zero-order valence-corrected chi connectivity index (χ0v) is 10.9. The van der Waals surface area contributed by atoms with Gasteiger partial charge in [0.05, 0.1) is 6.20 Å². The van der Waals surface area contributed by atoms with Gasteiger partial charge in [-0.05, 0) is 24.6 Å². The summed E-state index contributed by atoms with van der Waals surface area (Å²) >= 11 is 0. The normalized spacial score (nSPS) is 9.50. The van der Waals surface area contributed by atoms with Gasteiger partial charge in [-0.3, -0.25) is 9.78 Å². The minimum Gasteiger partial charge on any atom is -0.384 e. The molecule has 0 saturated carbocycles. The Labute approximate surface area is 116 Å². The highest BCUT2D eigenvalue weighted by molar-refractivity contribution is 6.05. The van der Waals surface area contributed by atoms with Crippen molar-refractivity contribution in [2.45, 2.75) is 6.92 Å². The molecular formula is C15H13N3O2. The van der Waals surface area contributed by atoms with E-state index in [1.54, 1.807) is 18.2 Å². The summed E-state index contributed by atoms with van der Waals surface area (Å²) in [6, 6.07) is 5.27. The number of aliphatic hydroxyl groups excluding tert-OH is 1. The van der Waals surface area contributed by atoms with E-state index >= 15 is 0 Å². The molecule has 0 atom stereocenters. The number of anilines is 1. The molecule has 1 heterocycles. The predicted octanol–water partition coefficient (Wildman–Crippen LogP) is 1.38. The fourth-order valence-electron chi connectivity index (χ4n) is 1.70. The van der Waals surface area contributed by atoms with Crippen LogP contribution in [0, 0.1) is 18.8 Å². The van der Waals surface area contributed by atoms with E-state index in [9.17, 15) is 4.79 Å². The van der Waals surface area contributed by atoms with Gasteiger partial charge in [-0.15, -0.1) is 0 Å². The molecule has 0 spiro atoms. The summed E-state index contributed by atoms with van der Waals surface area (Å²) in [7, 11) is 0. The lowest BCUT2D eigenvalue weighted by atomic mass is 10.0. The summed E-state index contributed by atoms with van der Waals surface area (Å²) in [6.07, 6.45) is 4.51. The smallest absolute Gasteiger partial charge is 0.257 e. The molecule has 0 aliphatic rings. The summed E-state index contributed by atoms with van der Waals surface area (Å²) in [6.45, 7) is 1.60. The lowest BCUT2D eigenvalue weighted by Gasteiger charge is -2.08. The fraction of sp³-hybridized carbons (Fsp3) is 0.133. The third kappa shape index (κ3) is 3.19. The van der Waals surface area contributed by atoms with Gasteiger partial charge in [0.1, 0.15) is 6.61 Å². The summed E-state index contributed by atoms with van der Waals surface area (Å²) < 4.78 is 0. The summed E-state index contributed by atoms with van der Waals surface area (Å²) in [5.41, 5.74) is 1.99. The Bertz CT molecular complexity index is 673. The van der Waals surface area contributed by atoms with Gasteiger partial charge in [0.15, 0.2) is 5.82 Å². The zero-order valence-electron chi connectivity index (χ0n) is 10.9. The van der Waals surface area contributed by atoms with Crippen molar-refractivity contribution >= 4 is 11.7 Å². The molecular weight excluding hydrogens is 254 g/mol. The minimum absolute atomic E-state index is 0.213. The molecule has 1 aromatic heterocycles. The molecule has 2 aromatic rings. The number of amides is 1. The Morgan fingerprint density at radius 2 is 2.25 bits per heavy atom. The molecule has 0 radical (unpaired) electrons. The number of nitrogens with one attached hydrogen (secondary N) is 1. The molecule has 1 amide bonds. The van der Waals surface area contributed by atoms with E-state index in [0.717, 1.165) is 5.56 Å². The second-order valence-electron chi connectivity index (χ2n) is 3.98. The van der Waals surface area contributed by atoms with Crippen LogP contribution in [0.2, 0.25) is 0 Å². The molecule has 0 bridgehead atoms. The summed E-state index contributed by atoms with van der Waals surface area (Å²) in [5, 5.41) is 11.4. The Morgan fingerprint density at radius 3 is 2.95 bits per heavy atom. The lowest BCUT2D eigenvalue weighted by Crippen LogP contribution is -2.14. The van der Waals surface area contributed by atoms with E-state index in [2.05, 4.69) is 27.1 Å². The number of nitrogens with zero attached hydrogens (tertiary/aromatic N) is 2. The number of carbonyl (C=O) groups excluding carboxylic acids is 1. The van der Waals surface area contributed by atoms with Gasteiger partial charge in [0.2, 0.25) is 0 Å². The lowest BCUT2D eigenvalue weighted by molar-refractivity contribution is 0.102. The average Bonchev–Trinajstić information content (AvgIpc) is 2.47. The first kappa shape index (κ1) is 13.7. The van der Waals surface area contributed by atoms with E-state index in [0.29, 0.717) is 16.9 Å². The van der Waals surface area contributed by atoms with Crippen molar-refractivity contribution in [3.63, 3.8) is 0 Å². The molecule has 20 heavy (non-hydrogen) atoms. The SMILES string of the molecule is Cc1c(C#CCO)cccc1C(=O)Nc1cnccn1. The van der Waals surface area contributed by atoms with Crippen molar-refractivity contribution < 1.29 is 9.90 Å². The van der Waals surface area contributed by atoms with Gasteiger partial charge in [0, 0.05) is 23.5 Å². The molecule has 5 nitrogen and oxygen atoms in total. The van der Waals surface area contributed by atoms with Gasteiger partial charge >= 0.3 is 0 Å². The van der Waals surface area contributed by atoms with E-state index in [1.165, 1.54) is 18.6 Å². The van der Waals surface area contributed by atoms with Crippen LogP contribution in [0.15, 0.2) is 36.8 Å². The molecule has 2 rings (SSSR count). The minimum atomic E-state index is -0.268. The topological polar surface area (TPSA) is 75.1 Å². The van der Waals surface area contributed by atoms with Crippen molar-refractivity contribution in [1.29, 1.82) is 0 Å². The third-order valence-corrected chi connectivity index (χ3v) is 2.69. The number of hydrogen-bond donors (Lipinski definition) is 2. The quantitative estimate of drug-likeness (QED) is 0.806. The van der Waals surface area contributed by atoms with Crippen LogP contribution in [0.4, 0.5) is 5.82 Å². The largest absolute Gasteiger partial charge is 0.384 e. The van der Waals surface area contributed by atoms with Crippen molar-refractivity contribution in [2.75, 3.05) is 11.9 Å². The van der Waals surface area contributed by atoms with Crippen molar-refractivity contribution in [3.8, 4) is 11.8 Å². The van der Waals surface area contributed by atoms with Crippen molar-refractivity contribution in [3.05, 3.63) is 53.5 Å². The molecule has 1 aromatic carbocycles. The first-order valence-electron chi connectivity index (χ1n) is 5.99. The molecule has 5 heteroatoms. The van der Waals surface area contributed by atoms with Gasteiger partial charge in [0.25, 0.3) is 5.91 Å². The van der Waals surface area contributed by atoms with Crippen LogP contribution in [0.25, 0.3) is 0 Å². The highest BCUT2D eigenvalue weighted by atomic mass is 16.2. The Kier molecular flexibility index (Phi) is 4.43. The first-order valence-corrected chi connectivity index (χ1v) is 5.99. The van der Waals surface area contributed by atoms with Crippen LogP contribution >= 0.6 is 0 Å². The van der Waals surface area contributed by atoms with Gasteiger partial charge < -0.3 is 10.4 Å². The Balaban J connectivity index is 2.26. The predicted molar refractivity (Wildman–Crippen MR) is 75.1 cm³/mol. The molecule has 0 unspecified atom stereocenters. The number of carbonyl (C=O) groups is 1. The van der Waals surface area contributed by atoms with E-state index in [-0.39, 0.29) is 12.5 Å². The maximum absolute atomic E-state index is 12.2. The molecule has 2 N–H and O–H groups in total. The maximum atomic E-state index is 12.2. The number of aliphatic hydroxyl groups is 1. The molecule has 100 valence electrons. The number of benzene rings is 1.